The molecule has 3 amide bonds. The number of fused-ring (bicyclic) bond motifs is 1. The Morgan fingerprint density at radius 2 is 1.71 bits per heavy atom. The smallest absolute Gasteiger partial charge is 0.257 e. The zero-order valence-electron chi connectivity index (χ0n) is 16.7. The third-order valence-electron chi connectivity index (χ3n) is 5.04. The van der Waals surface area contributed by atoms with Gasteiger partial charge in [0.05, 0.1) is 18.7 Å². The lowest BCUT2D eigenvalue weighted by atomic mass is 10.1. The molecule has 0 bridgehead atoms. The number of amides is 3. The summed E-state index contributed by atoms with van der Waals surface area (Å²) in [5.41, 5.74) is 7.37. The highest BCUT2D eigenvalue weighted by molar-refractivity contribution is 7.16. The second kappa shape index (κ2) is 8.57. The van der Waals surface area contributed by atoms with Crippen molar-refractivity contribution in [1.82, 2.24) is 4.98 Å². The van der Waals surface area contributed by atoms with E-state index in [1.54, 1.807) is 55.6 Å². The minimum atomic E-state index is -0.523. The Labute approximate surface area is 182 Å². The van der Waals surface area contributed by atoms with Gasteiger partial charge in [-0.15, -0.1) is 11.3 Å². The lowest BCUT2D eigenvalue weighted by Crippen LogP contribution is -2.20. The number of aromatic nitrogens is 1. The first kappa shape index (κ1) is 20.5. The molecular formula is C22H20N4O4S. The van der Waals surface area contributed by atoms with Crippen LogP contribution in [0.25, 0.3) is 0 Å². The van der Waals surface area contributed by atoms with Crippen molar-refractivity contribution in [3.05, 3.63) is 70.2 Å². The molecule has 31 heavy (non-hydrogen) atoms. The highest BCUT2D eigenvalue weighted by Gasteiger charge is 2.33. The van der Waals surface area contributed by atoms with Gasteiger partial charge < -0.3 is 15.8 Å². The number of thiazole rings is 1. The molecule has 4 rings (SSSR count). The summed E-state index contributed by atoms with van der Waals surface area (Å²) in [7, 11) is 1.56. The second-order valence-corrected chi connectivity index (χ2v) is 8.12. The molecule has 9 heteroatoms. The number of ether oxygens (including phenoxy) is 1. The normalized spacial score (nSPS) is 14.5. The SMILES string of the molecule is COc1ccc(C(=O)Nc2nc3c(s2)CCC3C(=O)Nc2ccc(C(N)=O)cc2)cc1. The van der Waals surface area contributed by atoms with Crippen molar-refractivity contribution < 1.29 is 19.1 Å². The highest BCUT2D eigenvalue weighted by Crippen LogP contribution is 2.39. The first-order valence-corrected chi connectivity index (χ1v) is 10.4. The van der Waals surface area contributed by atoms with Crippen LogP contribution in [0.3, 0.4) is 0 Å². The standard InChI is InChI=1S/C22H20N4O4S/c1-30-15-8-4-13(5-9-15)20(28)26-22-25-18-16(10-11-17(18)31-22)21(29)24-14-6-2-12(3-7-14)19(23)27/h2-9,16H,10-11H2,1H3,(H2,23,27)(H,24,29)(H,25,26,28). The molecule has 4 N–H and O–H groups in total. The maximum Gasteiger partial charge on any atom is 0.257 e. The van der Waals surface area contributed by atoms with E-state index in [9.17, 15) is 14.4 Å². The summed E-state index contributed by atoms with van der Waals surface area (Å²) in [5.74, 6) is -0.698. The largest absolute Gasteiger partial charge is 0.497 e. The summed E-state index contributed by atoms with van der Waals surface area (Å²) in [4.78, 5) is 41.9. The van der Waals surface area contributed by atoms with Gasteiger partial charge in [0.25, 0.3) is 5.91 Å². The number of hydrogen-bond donors (Lipinski definition) is 3. The molecule has 1 atom stereocenters. The van der Waals surface area contributed by atoms with E-state index in [0.29, 0.717) is 39.8 Å². The van der Waals surface area contributed by atoms with Crippen molar-refractivity contribution in [1.29, 1.82) is 0 Å². The van der Waals surface area contributed by atoms with Crippen molar-refractivity contribution in [2.45, 2.75) is 18.8 Å². The number of nitrogens with one attached hydrogen (secondary N) is 2. The summed E-state index contributed by atoms with van der Waals surface area (Å²) in [6.07, 6.45) is 1.39. The van der Waals surface area contributed by atoms with Gasteiger partial charge in [0.15, 0.2) is 5.13 Å². The van der Waals surface area contributed by atoms with Crippen LogP contribution in [0.15, 0.2) is 48.5 Å². The number of benzene rings is 2. The van der Waals surface area contributed by atoms with Crippen LogP contribution in [0.2, 0.25) is 0 Å². The fraction of sp³-hybridized carbons (Fsp3) is 0.182. The summed E-state index contributed by atoms with van der Waals surface area (Å²) < 4.78 is 5.10. The predicted molar refractivity (Wildman–Crippen MR) is 118 cm³/mol. The molecule has 0 saturated carbocycles. The van der Waals surface area contributed by atoms with Gasteiger partial charge in [0, 0.05) is 21.7 Å². The zero-order chi connectivity index (χ0) is 22.0. The van der Waals surface area contributed by atoms with Gasteiger partial charge in [-0.25, -0.2) is 4.98 Å². The second-order valence-electron chi connectivity index (χ2n) is 7.03. The van der Waals surface area contributed by atoms with E-state index >= 15 is 0 Å². The Bertz CT molecular complexity index is 1140. The third-order valence-corrected chi connectivity index (χ3v) is 6.09. The van der Waals surface area contributed by atoms with Crippen molar-refractivity contribution >= 4 is 39.9 Å². The maximum absolute atomic E-state index is 12.8. The van der Waals surface area contributed by atoms with Crippen LogP contribution in [0.4, 0.5) is 10.8 Å². The monoisotopic (exact) mass is 436 g/mol. The Balaban J connectivity index is 1.43. The summed E-state index contributed by atoms with van der Waals surface area (Å²) >= 11 is 1.39. The number of hydrogen-bond acceptors (Lipinski definition) is 6. The molecule has 0 aliphatic heterocycles. The van der Waals surface area contributed by atoms with E-state index in [0.717, 1.165) is 11.3 Å². The summed E-state index contributed by atoms with van der Waals surface area (Å²) in [5, 5.41) is 6.12. The summed E-state index contributed by atoms with van der Waals surface area (Å²) in [6.45, 7) is 0. The van der Waals surface area contributed by atoms with E-state index < -0.39 is 11.8 Å². The lowest BCUT2D eigenvalue weighted by molar-refractivity contribution is -0.117. The fourth-order valence-electron chi connectivity index (χ4n) is 3.39. The molecular weight excluding hydrogens is 416 g/mol. The molecule has 8 nitrogen and oxygen atoms in total. The van der Waals surface area contributed by atoms with Crippen LogP contribution in [0.5, 0.6) is 5.75 Å². The third kappa shape index (κ3) is 4.41. The minimum Gasteiger partial charge on any atom is -0.497 e. The van der Waals surface area contributed by atoms with Gasteiger partial charge in [-0.3, -0.25) is 19.7 Å². The number of carbonyl (C=O) groups excluding carboxylic acids is 3. The molecule has 158 valence electrons. The van der Waals surface area contributed by atoms with E-state index in [2.05, 4.69) is 15.6 Å². The Hall–Kier alpha value is -3.72. The van der Waals surface area contributed by atoms with E-state index in [1.165, 1.54) is 11.3 Å². The Kier molecular flexibility index (Phi) is 5.68. The highest BCUT2D eigenvalue weighted by atomic mass is 32.1. The molecule has 1 aliphatic rings. The van der Waals surface area contributed by atoms with Gasteiger partial charge in [0.1, 0.15) is 5.75 Å². The number of primary amides is 1. The van der Waals surface area contributed by atoms with Crippen LogP contribution in [-0.4, -0.2) is 29.8 Å². The molecule has 0 radical (unpaired) electrons. The molecule has 1 unspecified atom stereocenters. The van der Waals surface area contributed by atoms with Crippen molar-refractivity contribution in [2.75, 3.05) is 17.7 Å². The zero-order valence-corrected chi connectivity index (χ0v) is 17.5. The number of carbonyl (C=O) groups is 3. The van der Waals surface area contributed by atoms with Gasteiger partial charge in [-0.2, -0.15) is 0 Å². The quantitative estimate of drug-likeness (QED) is 0.548. The van der Waals surface area contributed by atoms with Crippen molar-refractivity contribution in [2.24, 2.45) is 5.73 Å². The van der Waals surface area contributed by atoms with Gasteiger partial charge in [-0.05, 0) is 61.4 Å². The molecule has 1 aromatic heterocycles. The Morgan fingerprint density at radius 3 is 2.35 bits per heavy atom. The van der Waals surface area contributed by atoms with Gasteiger partial charge in [0.2, 0.25) is 11.8 Å². The minimum absolute atomic E-state index is 0.177. The number of aryl methyl sites for hydroxylation is 1. The van der Waals surface area contributed by atoms with Crippen LogP contribution >= 0.6 is 11.3 Å². The van der Waals surface area contributed by atoms with Crippen LogP contribution in [-0.2, 0) is 11.2 Å². The first-order chi connectivity index (χ1) is 14.9. The van der Waals surface area contributed by atoms with Crippen LogP contribution in [0, 0.1) is 0 Å². The van der Waals surface area contributed by atoms with Gasteiger partial charge in [-0.1, -0.05) is 0 Å². The number of anilines is 2. The number of methoxy groups -OCH3 is 1. The Morgan fingerprint density at radius 1 is 1.03 bits per heavy atom. The van der Waals surface area contributed by atoms with E-state index in [4.69, 9.17) is 10.5 Å². The topological polar surface area (TPSA) is 123 Å². The predicted octanol–water partition coefficient (Wildman–Crippen LogP) is 3.17. The van der Waals surface area contributed by atoms with Gasteiger partial charge >= 0.3 is 0 Å². The van der Waals surface area contributed by atoms with E-state index in [1.807, 2.05) is 0 Å². The molecule has 3 aromatic rings. The van der Waals surface area contributed by atoms with Crippen LogP contribution in [0.1, 0.15) is 43.6 Å². The van der Waals surface area contributed by atoms with Crippen LogP contribution < -0.4 is 21.1 Å². The van der Waals surface area contributed by atoms with Crippen molar-refractivity contribution in [3.8, 4) is 5.75 Å². The molecule has 1 heterocycles. The summed E-state index contributed by atoms with van der Waals surface area (Å²) in [6, 6.07) is 13.2. The molecule has 0 spiro atoms. The number of nitrogens with two attached hydrogens (primary N) is 1. The molecule has 1 aliphatic carbocycles. The fourth-order valence-corrected chi connectivity index (χ4v) is 4.43. The molecule has 2 aromatic carbocycles. The number of rotatable bonds is 6. The molecule has 0 fully saturated rings. The van der Waals surface area contributed by atoms with E-state index in [-0.39, 0.29) is 11.8 Å². The molecule has 0 saturated heterocycles. The average Bonchev–Trinajstić information content (AvgIpc) is 3.34. The first-order valence-electron chi connectivity index (χ1n) is 9.60. The van der Waals surface area contributed by atoms with Crippen molar-refractivity contribution in [3.63, 3.8) is 0 Å². The number of nitrogens with zero attached hydrogens (tertiary/aromatic N) is 1. The lowest BCUT2D eigenvalue weighted by Gasteiger charge is -2.11. The maximum atomic E-state index is 12.8. The average molecular weight is 436 g/mol.